The second kappa shape index (κ2) is 5.70. The van der Waals surface area contributed by atoms with Gasteiger partial charge in [-0.25, -0.2) is 4.98 Å². The quantitative estimate of drug-likeness (QED) is 0.815. The van der Waals surface area contributed by atoms with E-state index in [1.54, 1.807) is 0 Å². The van der Waals surface area contributed by atoms with E-state index in [9.17, 15) is 0 Å². The average Bonchev–Trinajstić information content (AvgIpc) is 2.77. The molecule has 0 aliphatic carbocycles. The highest BCUT2D eigenvalue weighted by Gasteiger charge is 2.26. The summed E-state index contributed by atoms with van der Waals surface area (Å²) in [4.78, 5) is 9.39. The van der Waals surface area contributed by atoms with Gasteiger partial charge < -0.3 is 4.90 Å². The number of aryl methyl sites for hydroxylation is 1. The zero-order chi connectivity index (χ0) is 13.1. The molecule has 2 heterocycles. The van der Waals surface area contributed by atoms with Crippen molar-refractivity contribution in [1.82, 2.24) is 9.88 Å². The molecule has 1 aromatic rings. The summed E-state index contributed by atoms with van der Waals surface area (Å²) < 4.78 is 0. The third-order valence-corrected chi connectivity index (χ3v) is 3.80. The number of anilines is 1. The van der Waals surface area contributed by atoms with E-state index >= 15 is 0 Å². The lowest BCUT2D eigenvalue weighted by Gasteiger charge is -2.26. The van der Waals surface area contributed by atoms with Gasteiger partial charge in [0.1, 0.15) is 5.82 Å². The van der Waals surface area contributed by atoms with Crippen LogP contribution in [0, 0.1) is 6.92 Å². The van der Waals surface area contributed by atoms with Gasteiger partial charge in [-0.1, -0.05) is 13.0 Å². The molecular formula is C15H25N3. The highest BCUT2D eigenvalue weighted by molar-refractivity contribution is 5.41. The molecule has 1 aromatic heterocycles. The largest absolute Gasteiger partial charge is 0.363 e. The van der Waals surface area contributed by atoms with Gasteiger partial charge in [0.15, 0.2) is 0 Å². The van der Waals surface area contributed by atoms with Gasteiger partial charge in [-0.2, -0.15) is 0 Å². The van der Waals surface area contributed by atoms with E-state index in [2.05, 4.69) is 35.8 Å². The molecular weight excluding hydrogens is 222 g/mol. The van der Waals surface area contributed by atoms with E-state index in [0.29, 0.717) is 6.04 Å². The molecule has 3 heteroatoms. The molecule has 3 nitrogen and oxygen atoms in total. The predicted octanol–water partition coefficient (Wildman–Crippen LogP) is 3.00. The monoisotopic (exact) mass is 247 g/mol. The molecule has 0 bridgehead atoms. The third-order valence-electron chi connectivity index (χ3n) is 3.80. The Morgan fingerprint density at radius 2 is 2.17 bits per heavy atom. The Balaban J connectivity index is 2.22. The fraction of sp³-hybridized carbons (Fsp3) is 0.667. The van der Waals surface area contributed by atoms with Crippen LogP contribution in [0.15, 0.2) is 12.1 Å². The number of nitrogens with zero attached hydrogens (tertiary/aromatic N) is 3. The summed E-state index contributed by atoms with van der Waals surface area (Å²) in [7, 11) is 4.08. The molecule has 0 spiro atoms. The van der Waals surface area contributed by atoms with Crippen LogP contribution in [0.5, 0.6) is 0 Å². The number of likely N-dealkylation sites (tertiary alicyclic amines) is 1. The van der Waals surface area contributed by atoms with E-state index in [1.165, 1.54) is 43.6 Å². The molecule has 0 radical (unpaired) electrons. The minimum Gasteiger partial charge on any atom is -0.363 e. The number of pyridine rings is 1. The molecule has 1 aliphatic heterocycles. The van der Waals surface area contributed by atoms with Crippen LogP contribution in [0.4, 0.5) is 5.82 Å². The Labute approximate surface area is 111 Å². The van der Waals surface area contributed by atoms with Crippen molar-refractivity contribution in [3.63, 3.8) is 0 Å². The summed E-state index contributed by atoms with van der Waals surface area (Å²) in [6, 6.07) is 5.01. The topological polar surface area (TPSA) is 19.4 Å². The Kier molecular flexibility index (Phi) is 4.23. The SMILES string of the molecule is CCCN1CCC[C@@H]1c1ccc(N(C)C)nc1C. The molecule has 1 fully saturated rings. The van der Waals surface area contributed by atoms with Gasteiger partial charge in [-0.3, -0.25) is 4.90 Å². The van der Waals surface area contributed by atoms with Crippen LogP contribution in [0.3, 0.4) is 0 Å². The minimum atomic E-state index is 0.591. The first-order valence-electron chi connectivity index (χ1n) is 7.02. The lowest BCUT2D eigenvalue weighted by atomic mass is 10.0. The Morgan fingerprint density at radius 1 is 1.39 bits per heavy atom. The number of aromatic nitrogens is 1. The third kappa shape index (κ3) is 2.66. The first-order chi connectivity index (χ1) is 8.63. The summed E-state index contributed by atoms with van der Waals surface area (Å²) in [6.45, 7) is 6.85. The predicted molar refractivity (Wildman–Crippen MR) is 77.1 cm³/mol. The van der Waals surface area contributed by atoms with Crippen LogP contribution >= 0.6 is 0 Å². The molecule has 2 rings (SSSR count). The van der Waals surface area contributed by atoms with Gasteiger partial charge in [0.2, 0.25) is 0 Å². The van der Waals surface area contributed by atoms with Crippen LogP contribution in [-0.4, -0.2) is 37.1 Å². The van der Waals surface area contributed by atoms with Crippen molar-refractivity contribution in [2.75, 3.05) is 32.1 Å². The van der Waals surface area contributed by atoms with Gasteiger partial charge in [-0.05, 0) is 50.9 Å². The van der Waals surface area contributed by atoms with E-state index < -0.39 is 0 Å². The van der Waals surface area contributed by atoms with Crippen molar-refractivity contribution < 1.29 is 0 Å². The molecule has 0 amide bonds. The van der Waals surface area contributed by atoms with Crippen molar-refractivity contribution >= 4 is 5.82 Å². The molecule has 0 unspecified atom stereocenters. The maximum absolute atomic E-state index is 4.71. The standard InChI is InChI=1S/C15H25N3/c1-5-10-18-11-6-7-14(18)13-8-9-15(17(3)4)16-12(13)2/h8-9,14H,5-7,10-11H2,1-4H3/t14-/m1/s1. The number of rotatable bonds is 4. The molecule has 100 valence electrons. The van der Waals surface area contributed by atoms with Gasteiger partial charge in [0.25, 0.3) is 0 Å². The van der Waals surface area contributed by atoms with Crippen molar-refractivity contribution in [2.45, 2.75) is 39.2 Å². The maximum Gasteiger partial charge on any atom is 0.128 e. The summed E-state index contributed by atoms with van der Waals surface area (Å²) in [5.74, 6) is 1.05. The van der Waals surface area contributed by atoms with Crippen LogP contribution in [0.25, 0.3) is 0 Å². The second-order valence-corrected chi connectivity index (χ2v) is 5.43. The maximum atomic E-state index is 4.71. The zero-order valence-electron chi connectivity index (χ0n) is 12.1. The lowest BCUT2D eigenvalue weighted by molar-refractivity contribution is 0.257. The minimum absolute atomic E-state index is 0.591. The highest BCUT2D eigenvalue weighted by atomic mass is 15.2. The van der Waals surface area contributed by atoms with E-state index in [0.717, 1.165) is 5.82 Å². The van der Waals surface area contributed by atoms with E-state index in [-0.39, 0.29) is 0 Å². The first kappa shape index (κ1) is 13.3. The fourth-order valence-corrected chi connectivity index (χ4v) is 2.89. The van der Waals surface area contributed by atoms with Gasteiger partial charge in [0.05, 0.1) is 0 Å². The van der Waals surface area contributed by atoms with Crippen molar-refractivity contribution in [1.29, 1.82) is 0 Å². The Hall–Kier alpha value is -1.09. The summed E-state index contributed by atoms with van der Waals surface area (Å²) in [5, 5.41) is 0. The van der Waals surface area contributed by atoms with Crippen LogP contribution in [0.2, 0.25) is 0 Å². The molecule has 0 aromatic carbocycles. The zero-order valence-corrected chi connectivity index (χ0v) is 12.1. The van der Waals surface area contributed by atoms with E-state index in [4.69, 9.17) is 4.98 Å². The number of hydrogen-bond donors (Lipinski definition) is 0. The molecule has 18 heavy (non-hydrogen) atoms. The highest BCUT2D eigenvalue weighted by Crippen LogP contribution is 2.33. The fourth-order valence-electron chi connectivity index (χ4n) is 2.89. The summed E-state index contributed by atoms with van der Waals surface area (Å²) >= 11 is 0. The van der Waals surface area contributed by atoms with Gasteiger partial charge in [-0.15, -0.1) is 0 Å². The van der Waals surface area contributed by atoms with Crippen molar-refractivity contribution in [3.8, 4) is 0 Å². The van der Waals surface area contributed by atoms with E-state index in [1.807, 2.05) is 14.1 Å². The molecule has 1 saturated heterocycles. The molecule has 1 aliphatic rings. The number of hydrogen-bond acceptors (Lipinski definition) is 3. The van der Waals surface area contributed by atoms with Gasteiger partial charge in [0, 0.05) is 25.8 Å². The molecule has 0 N–H and O–H groups in total. The second-order valence-electron chi connectivity index (χ2n) is 5.43. The molecule has 1 atom stereocenters. The molecule has 0 saturated carbocycles. The Bertz CT molecular complexity index is 401. The van der Waals surface area contributed by atoms with Crippen LogP contribution in [0.1, 0.15) is 43.5 Å². The van der Waals surface area contributed by atoms with Crippen LogP contribution in [-0.2, 0) is 0 Å². The lowest BCUT2D eigenvalue weighted by Crippen LogP contribution is -2.25. The van der Waals surface area contributed by atoms with Gasteiger partial charge >= 0.3 is 0 Å². The summed E-state index contributed by atoms with van der Waals surface area (Å²) in [6.07, 6.45) is 3.84. The normalized spacial score (nSPS) is 20.3. The average molecular weight is 247 g/mol. The first-order valence-corrected chi connectivity index (χ1v) is 7.02. The Morgan fingerprint density at radius 3 is 2.78 bits per heavy atom. The smallest absolute Gasteiger partial charge is 0.128 e. The van der Waals surface area contributed by atoms with Crippen LogP contribution < -0.4 is 4.90 Å². The van der Waals surface area contributed by atoms with Crippen molar-refractivity contribution in [2.24, 2.45) is 0 Å². The summed E-state index contributed by atoms with van der Waals surface area (Å²) in [5.41, 5.74) is 2.61. The van der Waals surface area contributed by atoms with Crippen molar-refractivity contribution in [3.05, 3.63) is 23.4 Å².